The van der Waals surface area contributed by atoms with Gasteiger partial charge in [-0.3, -0.25) is 0 Å². The van der Waals surface area contributed by atoms with Gasteiger partial charge in [0, 0.05) is 0 Å². The van der Waals surface area contributed by atoms with Gasteiger partial charge in [0.25, 0.3) is 0 Å². The summed E-state index contributed by atoms with van der Waals surface area (Å²) in [4.78, 5) is 2.13. The van der Waals surface area contributed by atoms with Gasteiger partial charge in [-0.15, -0.1) is 0 Å². The first-order valence-electron chi connectivity index (χ1n) is 3.49. The molecule has 58 valence electrons. The number of anilines is 1. The zero-order valence-corrected chi connectivity index (χ0v) is 9.68. The number of benzene rings is 1. The zero-order valence-electron chi connectivity index (χ0n) is 6.74. The van der Waals surface area contributed by atoms with E-state index in [-0.39, 0.29) is 0 Å². The first kappa shape index (κ1) is 8.67. The van der Waals surface area contributed by atoms with Crippen LogP contribution in [0.15, 0.2) is 24.3 Å². The Morgan fingerprint density at radius 1 is 1.27 bits per heavy atom. The van der Waals surface area contributed by atoms with E-state index in [1.54, 1.807) is 0 Å². The molecule has 0 N–H and O–H groups in total. The van der Waals surface area contributed by atoms with Crippen LogP contribution in [0, 0.1) is 6.92 Å². The van der Waals surface area contributed by atoms with Crippen molar-refractivity contribution in [2.75, 3.05) is 11.9 Å². The van der Waals surface area contributed by atoms with Crippen LogP contribution in [0.2, 0.25) is 0 Å². The van der Waals surface area contributed by atoms with Crippen molar-refractivity contribution in [1.82, 2.24) is 0 Å². The molecule has 0 spiro atoms. The molecule has 0 radical (unpaired) electrons. The summed E-state index contributed by atoms with van der Waals surface area (Å²) in [5.74, 6) is 0. The fourth-order valence-corrected chi connectivity index (χ4v) is 1.28. The zero-order chi connectivity index (χ0) is 8.27. The summed E-state index contributed by atoms with van der Waals surface area (Å²) in [6.45, 7) is 2.10. The Kier molecular flexibility index (Phi) is 3.01. The molecule has 0 saturated carbocycles. The monoisotopic (exact) mass is 317 g/mol. The van der Waals surface area contributed by atoms with Crippen molar-refractivity contribution in [2.24, 2.45) is 0 Å². The summed E-state index contributed by atoms with van der Waals surface area (Å²) in [7, 11) is 2.07. The number of hydrogen-bond donors (Lipinski definition) is 0. The minimum atomic E-state index is 1.26. The molecule has 1 rings (SSSR count). The van der Waals surface area contributed by atoms with Crippen molar-refractivity contribution < 1.29 is 19.4 Å². The van der Waals surface area contributed by atoms with Crippen LogP contribution in [-0.2, 0) is 19.4 Å². The van der Waals surface area contributed by atoms with E-state index in [1.807, 2.05) is 0 Å². The Balaban J connectivity index is 2.89. The number of nitrogens with zero attached hydrogens (tertiary/aromatic N) is 1. The predicted molar refractivity (Wildman–Crippen MR) is 45.6 cm³/mol. The molecule has 0 atom stereocenters. The Morgan fingerprint density at radius 2 is 1.82 bits per heavy atom. The summed E-state index contributed by atoms with van der Waals surface area (Å²) in [5, 5.41) is 0. The van der Waals surface area contributed by atoms with E-state index in [0.29, 0.717) is 0 Å². The van der Waals surface area contributed by atoms with Crippen molar-refractivity contribution in [3.8, 4) is 0 Å². The number of aryl methyl sites for hydroxylation is 1. The third-order valence-electron chi connectivity index (χ3n) is 1.60. The van der Waals surface area contributed by atoms with Gasteiger partial charge in [0.05, 0.1) is 0 Å². The molecule has 0 bridgehead atoms. The molecule has 0 heterocycles. The molecule has 1 nitrogen and oxygen atoms in total. The van der Waals surface area contributed by atoms with E-state index >= 15 is 0 Å². The summed E-state index contributed by atoms with van der Waals surface area (Å²) in [6, 6.07) is 8.53. The Hall–Kier alpha value is -0.422. The molecule has 0 amide bonds. The minimum absolute atomic E-state index is 1.26. The third kappa shape index (κ3) is 2.27. The van der Waals surface area contributed by atoms with E-state index < -0.39 is 0 Å². The van der Waals surface area contributed by atoms with Crippen LogP contribution in [0.5, 0.6) is 0 Å². The van der Waals surface area contributed by atoms with Crippen molar-refractivity contribution in [3.63, 3.8) is 0 Å². The van der Waals surface area contributed by atoms with Gasteiger partial charge in [-0.05, 0) is 0 Å². The van der Waals surface area contributed by atoms with Crippen molar-refractivity contribution in [2.45, 2.75) is 6.92 Å². The van der Waals surface area contributed by atoms with Crippen molar-refractivity contribution in [1.29, 1.82) is 0 Å². The van der Waals surface area contributed by atoms with Crippen LogP contribution >= 0.6 is 0 Å². The molecule has 0 fully saturated rings. The molecule has 0 aromatic heterocycles. The second kappa shape index (κ2) is 3.82. The van der Waals surface area contributed by atoms with Gasteiger partial charge in [0.2, 0.25) is 0 Å². The SMILES string of the molecule is Cc1ccc(N(C)[CH]=[W])cc1. The van der Waals surface area contributed by atoms with Gasteiger partial charge in [-0.1, -0.05) is 0 Å². The topological polar surface area (TPSA) is 3.24 Å². The molecule has 0 unspecified atom stereocenters. The second-order valence-electron chi connectivity index (χ2n) is 2.55. The van der Waals surface area contributed by atoms with Gasteiger partial charge in [0.15, 0.2) is 0 Å². The first-order chi connectivity index (χ1) is 5.24. The Morgan fingerprint density at radius 3 is 2.27 bits per heavy atom. The molecular formula is C9H11NW. The van der Waals surface area contributed by atoms with Crippen LogP contribution in [-0.4, -0.2) is 11.6 Å². The van der Waals surface area contributed by atoms with Crippen LogP contribution in [0.25, 0.3) is 0 Å². The van der Waals surface area contributed by atoms with Crippen LogP contribution in [0.1, 0.15) is 5.56 Å². The Bertz CT molecular complexity index is 240. The average Bonchev–Trinajstić information content (AvgIpc) is 2.05. The normalized spacial score (nSPS) is 9.27. The maximum atomic E-state index is 2.13. The predicted octanol–water partition coefficient (Wildman–Crippen LogP) is 1.74. The van der Waals surface area contributed by atoms with E-state index in [9.17, 15) is 0 Å². The fraction of sp³-hybridized carbons (Fsp3) is 0.222. The maximum absolute atomic E-state index is 2.13. The number of hydrogen-bond acceptors (Lipinski definition) is 1. The molecule has 1 aromatic rings. The molecule has 0 aliphatic carbocycles. The molecule has 0 aliphatic heterocycles. The van der Waals surface area contributed by atoms with E-state index in [4.69, 9.17) is 0 Å². The van der Waals surface area contributed by atoms with Gasteiger partial charge in [-0.25, -0.2) is 0 Å². The molecule has 0 saturated heterocycles. The second-order valence-corrected chi connectivity index (χ2v) is 3.31. The van der Waals surface area contributed by atoms with Gasteiger partial charge >= 0.3 is 78.3 Å². The standard InChI is InChI=1S/C9H11N.W/c1-8-4-6-9(7-5-8)10(2)3;/h2,4-7H,1,3H3;. The van der Waals surface area contributed by atoms with Gasteiger partial charge in [0.1, 0.15) is 0 Å². The molecule has 11 heavy (non-hydrogen) atoms. The van der Waals surface area contributed by atoms with Gasteiger partial charge in [-0.2, -0.15) is 0 Å². The summed E-state index contributed by atoms with van der Waals surface area (Å²) < 4.78 is 2.13. The summed E-state index contributed by atoms with van der Waals surface area (Å²) in [5.41, 5.74) is 2.57. The summed E-state index contributed by atoms with van der Waals surface area (Å²) >= 11 is 1.48. The van der Waals surface area contributed by atoms with Crippen LogP contribution < -0.4 is 4.90 Å². The van der Waals surface area contributed by atoms with E-state index in [0.717, 1.165) is 0 Å². The summed E-state index contributed by atoms with van der Waals surface area (Å²) in [6.07, 6.45) is 0. The third-order valence-corrected chi connectivity index (χ3v) is 2.74. The van der Waals surface area contributed by atoms with Crippen molar-refractivity contribution in [3.05, 3.63) is 29.8 Å². The van der Waals surface area contributed by atoms with E-state index in [2.05, 4.69) is 47.7 Å². The molecule has 0 aliphatic rings. The van der Waals surface area contributed by atoms with Gasteiger partial charge < -0.3 is 0 Å². The van der Waals surface area contributed by atoms with Crippen molar-refractivity contribution >= 4 is 10.2 Å². The molecule has 1 aromatic carbocycles. The molecule has 2 heteroatoms. The van der Waals surface area contributed by atoms with Crippen LogP contribution in [0.4, 0.5) is 5.69 Å². The first-order valence-corrected chi connectivity index (χ1v) is 5.18. The average molecular weight is 317 g/mol. The fourth-order valence-electron chi connectivity index (χ4n) is 0.841. The quantitative estimate of drug-likeness (QED) is 0.803. The number of rotatable bonds is 2. The Labute approximate surface area is 78.4 Å². The molecular weight excluding hydrogens is 306 g/mol. The van der Waals surface area contributed by atoms with E-state index in [1.165, 1.54) is 30.6 Å². The van der Waals surface area contributed by atoms with Crippen LogP contribution in [0.3, 0.4) is 0 Å².